The standard InChI is InChI=1S/C21H23ClN2S/c1-5-21(4)18(22)10-15(13(2)3)19(20(21)24-12-25)16-11-23-17-9-7-6-8-14(16)17/h5-9,11,15,18-20,23H,1-2,10H2,3-4H3/t15-,18-,19+,20-,21+/m1/s1. The summed E-state index contributed by atoms with van der Waals surface area (Å²) in [7, 11) is 0. The van der Waals surface area contributed by atoms with E-state index in [1.165, 1.54) is 10.9 Å². The van der Waals surface area contributed by atoms with Crippen molar-refractivity contribution >= 4 is 39.9 Å². The maximum atomic E-state index is 6.80. The van der Waals surface area contributed by atoms with Crippen molar-refractivity contribution in [2.45, 2.75) is 37.6 Å². The molecule has 1 saturated carbocycles. The number of isothiocyanates is 1. The summed E-state index contributed by atoms with van der Waals surface area (Å²) in [4.78, 5) is 7.98. The van der Waals surface area contributed by atoms with Gasteiger partial charge in [0, 0.05) is 33.8 Å². The van der Waals surface area contributed by atoms with Crippen LogP contribution in [-0.2, 0) is 0 Å². The van der Waals surface area contributed by atoms with Crippen LogP contribution in [0.4, 0.5) is 0 Å². The van der Waals surface area contributed by atoms with Gasteiger partial charge in [0.05, 0.1) is 11.2 Å². The number of thiocarbonyl (C=S) groups is 1. The minimum absolute atomic E-state index is 0.0785. The molecule has 1 aromatic heterocycles. The maximum absolute atomic E-state index is 6.80. The van der Waals surface area contributed by atoms with Gasteiger partial charge in [-0.25, -0.2) is 4.99 Å². The number of hydrogen-bond acceptors (Lipinski definition) is 2. The predicted molar refractivity (Wildman–Crippen MR) is 111 cm³/mol. The SMILES string of the molecule is C=C[C@@]1(C)[C@H](Cl)C[C@H](C(=C)C)[C@@H](c2c[nH]c3ccccc23)[C@H]1N=C=S. The zero-order valence-electron chi connectivity index (χ0n) is 14.6. The van der Waals surface area contributed by atoms with E-state index >= 15 is 0 Å². The number of aromatic nitrogens is 1. The second-order valence-corrected chi connectivity index (χ2v) is 7.92. The lowest BCUT2D eigenvalue weighted by molar-refractivity contribution is 0.179. The topological polar surface area (TPSA) is 28.1 Å². The van der Waals surface area contributed by atoms with Crippen molar-refractivity contribution in [1.82, 2.24) is 4.98 Å². The largest absolute Gasteiger partial charge is 0.361 e. The molecule has 1 aromatic carbocycles. The van der Waals surface area contributed by atoms with Crippen molar-refractivity contribution in [3.8, 4) is 0 Å². The van der Waals surface area contributed by atoms with Crippen LogP contribution < -0.4 is 0 Å². The molecule has 0 amide bonds. The second kappa shape index (κ2) is 6.92. The summed E-state index contributed by atoms with van der Waals surface area (Å²) in [6, 6.07) is 8.21. The molecule has 2 nitrogen and oxygen atoms in total. The third-order valence-corrected chi connectivity index (χ3v) is 6.55. The minimum atomic E-state index is -0.359. The first kappa shape index (κ1) is 18.1. The zero-order valence-corrected chi connectivity index (χ0v) is 16.2. The highest BCUT2D eigenvalue weighted by Crippen LogP contribution is 2.54. The Balaban J connectivity index is 2.24. The number of H-pyrrole nitrogens is 1. The zero-order chi connectivity index (χ0) is 18.2. The maximum Gasteiger partial charge on any atom is 0.0779 e. The Bertz CT molecular complexity index is 864. The lowest BCUT2D eigenvalue weighted by atomic mass is 9.59. The van der Waals surface area contributed by atoms with Gasteiger partial charge >= 0.3 is 0 Å². The van der Waals surface area contributed by atoms with Gasteiger partial charge < -0.3 is 4.98 Å². The van der Waals surface area contributed by atoms with Crippen LogP contribution in [0.3, 0.4) is 0 Å². The number of hydrogen-bond donors (Lipinski definition) is 1. The van der Waals surface area contributed by atoms with Gasteiger partial charge in [0.2, 0.25) is 0 Å². The van der Waals surface area contributed by atoms with E-state index in [9.17, 15) is 0 Å². The average Bonchev–Trinajstić information content (AvgIpc) is 3.02. The Labute approximate surface area is 159 Å². The number of benzene rings is 1. The first-order valence-electron chi connectivity index (χ1n) is 8.50. The van der Waals surface area contributed by atoms with Gasteiger partial charge in [-0.2, -0.15) is 0 Å². The summed E-state index contributed by atoms with van der Waals surface area (Å²) >= 11 is 11.8. The molecule has 5 atom stereocenters. The summed E-state index contributed by atoms with van der Waals surface area (Å²) in [5.41, 5.74) is 3.12. The van der Waals surface area contributed by atoms with Crippen molar-refractivity contribution in [3.05, 3.63) is 60.8 Å². The van der Waals surface area contributed by atoms with Gasteiger partial charge in [0.15, 0.2) is 0 Å². The van der Waals surface area contributed by atoms with Crippen LogP contribution in [-0.4, -0.2) is 21.6 Å². The second-order valence-electron chi connectivity index (χ2n) is 7.21. The van der Waals surface area contributed by atoms with E-state index in [1.807, 2.05) is 12.1 Å². The monoisotopic (exact) mass is 370 g/mol. The third-order valence-electron chi connectivity index (χ3n) is 5.79. The first-order valence-corrected chi connectivity index (χ1v) is 9.34. The molecule has 1 heterocycles. The number of nitrogens with zero attached hydrogens (tertiary/aromatic N) is 1. The first-order chi connectivity index (χ1) is 11.9. The molecule has 1 aliphatic rings. The third kappa shape index (κ3) is 2.91. The molecule has 130 valence electrons. The molecule has 1 aliphatic carbocycles. The number of fused-ring (bicyclic) bond motifs is 1. The molecular weight excluding hydrogens is 348 g/mol. The van der Waals surface area contributed by atoms with Gasteiger partial charge in [-0.3, -0.25) is 0 Å². The molecule has 3 rings (SSSR count). The van der Waals surface area contributed by atoms with Crippen LogP contribution >= 0.6 is 23.8 Å². The van der Waals surface area contributed by atoms with Crippen molar-refractivity contribution < 1.29 is 0 Å². The number of aromatic amines is 1. The summed E-state index contributed by atoms with van der Waals surface area (Å²) in [6.07, 6.45) is 4.87. The summed E-state index contributed by atoms with van der Waals surface area (Å²) in [5.74, 6) is 0.355. The number of nitrogens with one attached hydrogen (secondary N) is 1. The molecule has 1 N–H and O–H groups in total. The highest BCUT2D eigenvalue weighted by Gasteiger charge is 2.51. The summed E-state index contributed by atoms with van der Waals surface area (Å²) < 4.78 is 0. The molecule has 25 heavy (non-hydrogen) atoms. The van der Waals surface area contributed by atoms with E-state index < -0.39 is 0 Å². The fraction of sp³-hybridized carbons (Fsp3) is 0.381. The van der Waals surface area contributed by atoms with Crippen molar-refractivity contribution in [2.75, 3.05) is 0 Å². The summed E-state index contributed by atoms with van der Waals surface area (Å²) in [5, 5.41) is 3.74. The smallest absolute Gasteiger partial charge is 0.0779 e. The lowest BCUT2D eigenvalue weighted by Crippen LogP contribution is -2.49. The Morgan fingerprint density at radius 3 is 2.84 bits per heavy atom. The fourth-order valence-corrected chi connectivity index (χ4v) is 4.73. The Morgan fingerprint density at radius 2 is 2.20 bits per heavy atom. The van der Waals surface area contributed by atoms with Gasteiger partial charge in [-0.05, 0) is 43.1 Å². The van der Waals surface area contributed by atoms with Crippen LogP contribution in [0.5, 0.6) is 0 Å². The highest BCUT2D eigenvalue weighted by molar-refractivity contribution is 7.78. The molecule has 0 bridgehead atoms. The molecule has 1 fully saturated rings. The van der Waals surface area contributed by atoms with E-state index in [1.54, 1.807) is 0 Å². The van der Waals surface area contributed by atoms with Gasteiger partial charge in [-0.15, -0.1) is 18.2 Å². The predicted octanol–water partition coefficient (Wildman–Crippen LogP) is 6.12. The van der Waals surface area contributed by atoms with Gasteiger partial charge in [0.1, 0.15) is 0 Å². The van der Waals surface area contributed by atoms with E-state index in [0.717, 1.165) is 17.5 Å². The number of halogens is 1. The van der Waals surface area contributed by atoms with E-state index in [-0.39, 0.29) is 28.7 Å². The van der Waals surface area contributed by atoms with Crippen LogP contribution in [0.1, 0.15) is 31.7 Å². The normalized spacial score (nSPS) is 32.1. The number of para-hydroxylation sites is 1. The average molecular weight is 371 g/mol. The highest BCUT2D eigenvalue weighted by atomic mass is 35.5. The number of aliphatic imine (C=N–C) groups is 1. The fourth-order valence-electron chi connectivity index (χ4n) is 4.20. The van der Waals surface area contributed by atoms with E-state index in [4.69, 9.17) is 23.8 Å². The number of rotatable bonds is 4. The van der Waals surface area contributed by atoms with Crippen LogP contribution in [0.25, 0.3) is 10.9 Å². The molecule has 0 saturated heterocycles. The minimum Gasteiger partial charge on any atom is -0.361 e. The molecule has 4 heteroatoms. The van der Waals surface area contributed by atoms with E-state index in [0.29, 0.717) is 0 Å². The lowest BCUT2D eigenvalue weighted by Gasteiger charge is -2.49. The van der Waals surface area contributed by atoms with E-state index in [2.05, 4.69) is 66.5 Å². The quantitative estimate of drug-likeness (QED) is 0.298. The molecule has 2 aromatic rings. The van der Waals surface area contributed by atoms with Crippen molar-refractivity contribution in [3.63, 3.8) is 0 Å². The molecule has 0 radical (unpaired) electrons. The molecule has 0 aliphatic heterocycles. The summed E-state index contributed by atoms with van der Waals surface area (Å²) in [6.45, 7) is 12.5. The number of alkyl halides is 1. The van der Waals surface area contributed by atoms with Gasteiger partial charge in [-0.1, -0.05) is 43.4 Å². The van der Waals surface area contributed by atoms with Crippen molar-refractivity contribution in [2.24, 2.45) is 16.3 Å². The Morgan fingerprint density at radius 1 is 1.48 bits per heavy atom. The van der Waals surface area contributed by atoms with Crippen LogP contribution in [0.15, 0.2) is 60.3 Å². The molecule has 0 spiro atoms. The Hall–Kier alpha value is -1.67. The Kier molecular flexibility index (Phi) is 5.02. The number of allylic oxidation sites excluding steroid dienone is 1. The van der Waals surface area contributed by atoms with Gasteiger partial charge in [0.25, 0.3) is 0 Å². The van der Waals surface area contributed by atoms with Crippen LogP contribution in [0, 0.1) is 11.3 Å². The van der Waals surface area contributed by atoms with Crippen LogP contribution in [0.2, 0.25) is 0 Å². The molecular formula is C21H23ClN2S. The molecule has 0 unspecified atom stereocenters. The van der Waals surface area contributed by atoms with Crippen molar-refractivity contribution in [1.29, 1.82) is 0 Å².